The molecule has 1 aliphatic heterocycles. The number of hydrogen-bond donors (Lipinski definition) is 0. The molecule has 0 aliphatic carbocycles. The van der Waals surface area contributed by atoms with Gasteiger partial charge in [0.2, 0.25) is 10.0 Å². The fourth-order valence-corrected chi connectivity index (χ4v) is 4.56. The highest BCUT2D eigenvalue weighted by atomic mass is 32.2. The molecule has 140 valence electrons. The third kappa shape index (κ3) is 3.94. The molecule has 6 nitrogen and oxygen atoms in total. The number of nitrogens with zero attached hydrogens (tertiary/aromatic N) is 1. The van der Waals surface area contributed by atoms with Crippen molar-refractivity contribution in [2.45, 2.75) is 23.8 Å². The van der Waals surface area contributed by atoms with Crippen molar-refractivity contribution in [2.24, 2.45) is 0 Å². The summed E-state index contributed by atoms with van der Waals surface area (Å²) >= 11 is 0. The number of rotatable bonds is 6. The number of sulfonamides is 1. The number of piperidine rings is 1. The van der Waals surface area contributed by atoms with E-state index in [1.807, 2.05) is 30.3 Å². The van der Waals surface area contributed by atoms with E-state index in [2.05, 4.69) is 0 Å². The second-order valence-electron chi connectivity index (χ2n) is 6.07. The van der Waals surface area contributed by atoms with Crippen molar-refractivity contribution in [1.29, 1.82) is 0 Å². The van der Waals surface area contributed by atoms with Gasteiger partial charge in [-0.05, 0) is 37.1 Å². The van der Waals surface area contributed by atoms with E-state index in [-0.39, 0.29) is 11.0 Å². The van der Waals surface area contributed by atoms with Gasteiger partial charge in [-0.3, -0.25) is 0 Å². The summed E-state index contributed by atoms with van der Waals surface area (Å²) in [6.07, 6.45) is 1.41. The molecular weight excluding hydrogens is 354 g/mol. The van der Waals surface area contributed by atoms with Crippen LogP contribution in [0.1, 0.15) is 12.8 Å². The topological polar surface area (TPSA) is 65.1 Å². The predicted molar refractivity (Wildman–Crippen MR) is 98.4 cm³/mol. The van der Waals surface area contributed by atoms with Gasteiger partial charge in [0.25, 0.3) is 0 Å². The standard InChI is InChI=1S/C19H23NO5S/c1-23-18-11-10-17(13-19(18)24-2)26(21,22)20-12-6-9-16(14-20)25-15-7-4-3-5-8-15/h3-5,7-8,10-11,13,16H,6,9,12,14H2,1-2H3. The monoisotopic (exact) mass is 377 g/mol. The van der Waals surface area contributed by atoms with E-state index in [0.29, 0.717) is 24.6 Å². The number of para-hydroxylation sites is 1. The van der Waals surface area contributed by atoms with Crippen molar-refractivity contribution in [3.63, 3.8) is 0 Å². The average Bonchev–Trinajstić information content (AvgIpc) is 2.68. The van der Waals surface area contributed by atoms with Crippen LogP contribution in [0.2, 0.25) is 0 Å². The van der Waals surface area contributed by atoms with Crippen molar-refractivity contribution >= 4 is 10.0 Å². The van der Waals surface area contributed by atoms with E-state index in [0.717, 1.165) is 18.6 Å². The lowest BCUT2D eigenvalue weighted by Gasteiger charge is -2.32. The molecule has 26 heavy (non-hydrogen) atoms. The molecule has 1 fully saturated rings. The Morgan fingerprint density at radius 2 is 1.73 bits per heavy atom. The first-order valence-corrected chi connectivity index (χ1v) is 9.92. The third-order valence-corrected chi connectivity index (χ3v) is 6.24. The fraction of sp³-hybridized carbons (Fsp3) is 0.368. The highest BCUT2D eigenvalue weighted by Crippen LogP contribution is 2.31. The quantitative estimate of drug-likeness (QED) is 0.774. The molecule has 0 spiro atoms. The first-order chi connectivity index (χ1) is 12.5. The molecular formula is C19H23NO5S. The SMILES string of the molecule is COc1ccc(S(=O)(=O)N2CCCC(Oc3ccccc3)C2)cc1OC. The van der Waals surface area contributed by atoms with Gasteiger partial charge in [0.05, 0.1) is 25.7 Å². The Morgan fingerprint density at radius 1 is 1.00 bits per heavy atom. The van der Waals surface area contributed by atoms with Gasteiger partial charge >= 0.3 is 0 Å². The highest BCUT2D eigenvalue weighted by molar-refractivity contribution is 7.89. The van der Waals surface area contributed by atoms with Crippen molar-refractivity contribution in [3.8, 4) is 17.2 Å². The first-order valence-electron chi connectivity index (χ1n) is 8.48. The lowest BCUT2D eigenvalue weighted by molar-refractivity contribution is 0.130. The smallest absolute Gasteiger partial charge is 0.243 e. The van der Waals surface area contributed by atoms with E-state index in [1.54, 1.807) is 12.1 Å². The Balaban J connectivity index is 1.78. The molecule has 1 atom stereocenters. The summed E-state index contributed by atoms with van der Waals surface area (Å²) < 4.78 is 43.9. The first kappa shape index (κ1) is 18.5. The highest BCUT2D eigenvalue weighted by Gasteiger charge is 2.31. The molecule has 2 aromatic carbocycles. The van der Waals surface area contributed by atoms with Gasteiger partial charge in [0.15, 0.2) is 11.5 Å². The van der Waals surface area contributed by atoms with Crippen LogP contribution < -0.4 is 14.2 Å². The molecule has 0 saturated carbocycles. The summed E-state index contributed by atoms with van der Waals surface area (Å²) in [6.45, 7) is 0.802. The lowest BCUT2D eigenvalue weighted by atomic mass is 10.1. The normalized spacial score (nSPS) is 18.3. The number of methoxy groups -OCH3 is 2. The van der Waals surface area contributed by atoms with Gasteiger partial charge in [-0.2, -0.15) is 4.31 Å². The van der Waals surface area contributed by atoms with Gasteiger partial charge in [0.1, 0.15) is 11.9 Å². The molecule has 0 amide bonds. The van der Waals surface area contributed by atoms with E-state index in [4.69, 9.17) is 14.2 Å². The van der Waals surface area contributed by atoms with Crippen LogP contribution in [0.15, 0.2) is 53.4 Å². The zero-order valence-corrected chi connectivity index (χ0v) is 15.7. The molecule has 0 radical (unpaired) electrons. The van der Waals surface area contributed by atoms with E-state index in [1.165, 1.54) is 24.6 Å². The molecule has 2 aromatic rings. The number of benzene rings is 2. The zero-order chi connectivity index (χ0) is 18.6. The summed E-state index contributed by atoms with van der Waals surface area (Å²) in [5, 5.41) is 0. The van der Waals surface area contributed by atoms with Crippen molar-refractivity contribution in [1.82, 2.24) is 4.31 Å². The van der Waals surface area contributed by atoms with E-state index in [9.17, 15) is 8.42 Å². The third-order valence-electron chi connectivity index (χ3n) is 4.38. The largest absolute Gasteiger partial charge is 0.493 e. The van der Waals surface area contributed by atoms with Crippen molar-refractivity contribution in [3.05, 3.63) is 48.5 Å². The van der Waals surface area contributed by atoms with Crippen molar-refractivity contribution < 1.29 is 22.6 Å². The van der Waals surface area contributed by atoms with Crippen LogP contribution >= 0.6 is 0 Å². The fourth-order valence-electron chi connectivity index (χ4n) is 3.04. The van der Waals surface area contributed by atoms with Crippen LogP contribution in [0.4, 0.5) is 0 Å². The maximum Gasteiger partial charge on any atom is 0.243 e. The summed E-state index contributed by atoms with van der Waals surface area (Å²) in [5.74, 6) is 1.64. The Kier molecular flexibility index (Phi) is 5.68. The van der Waals surface area contributed by atoms with E-state index >= 15 is 0 Å². The Hall–Kier alpha value is -2.25. The average molecular weight is 377 g/mol. The Morgan fingerprint density at radius 3 is 2.42 bits per heavy atom. The summed E-state index contributed by atoms with van der Waals surface area (Å²) in [4.78, 5) is 0.190. The lowest BCUT2D eigenvalue weighted by Crippen LogP contribution is -2.44. The minimum atomic E-state index is -3.63. The molecule has 1 saturated heterocycles. The maximum atomic E-state index is 13.0. The van der Waals surface area contributed by atoms with Gasteiger partial charge in [-0.15, -0.1) is 0 Å². The van der Waals surface area contributed by atoms with Crippen LogP contribution in [0.3, 0.4) is 0 Å². The molecule has 1 unspecified atom stereocenters. The predicted octanol–water partition coefficient (Wildman–Crippen LogP) is 2.94. The van der Waals surface area contributed by atoms with Gasteiger partial charge < -0.3 is 14.2 Å². The molecule has 0 aromatic heterocycles. The van der Waals surface area contributed by atoms with Gasteiger partial charge in [-0.25, -0.2) is 8.42 Å². The van der Waals surface area contributed by atoms with Crippen LogP contribution in [0, 0.1) is 0 Å². The van der Waals surface area contributed by atoms with Crippen LogP contribution in [0.25, 0.3) is 0 Å². The minimum Gasteiger partial charge on any atom is -0.493 e. The molecule has 7 heteroatoms. The summed E-state index contributed by atoms with van der Waals surface area (Å²) in [5.41, 5.74) is 0. The molecule has 1 aliphatic rings. The molecule has 0 N–H and O–H groups in total. The molecule has 3 rings (SSSR count). The van der Waals surface area contributed by atoms with Crippen LogP contribution in [-0.2, 0) is 10.0 Å². The second-order valence-corrected chi connectivity index (χ2v) is 8.01. The maximum absolute atomic E-state index is 13.0. The number of ether oxygens (including phenoxy) is 3. The summed E-state index contributed by atoms with van der Waals surface area (Å²) in [7, 11) is -0.626. The van der Waals surface area contributed by atoms with Crippen molar-refractivity contribution in [2.75, 3.05) is 27.3 Å². The number of hydrogen-bond acceptors (Lipinski definition) is 5. The van der Waals surface area contributed by atoms with Gasteiger partial charge in [0, 0.05) is 12.6 Å². The molecule has 1 heterocycles. The minimum absolute atomic E-state index is 0.166. The zero-order valence-electron chi connectivity index (χ0n) is 14.9. The Bertz CT molecular complexity index is 838. The molecule has 0 bridgehead atoms. The van der Waals surface area contributed by atoms with Crippen LogP contribution in [0.5, 0.6) is 17.2 Å². The van der Waals surface area contributed by atoms with Crippen LogP contribution in [-0.4, -0.2) is 46.1 Å². The summed E-state index contributed by atoms with van der Waals surface area (Å²) in [6, 6.07) is 14.1. The Labute approximate surface area is 154 Å². The second kappa shape index (κ2) is 7.97. The van der Waals surface area contributed by atoms with Gasteiger partial charge in [-0.1, -0.05) is 18.2 Å². The van der Waals surface area contributed by atoms with E-state index < -0.39 is 10.0 Å².